The highest BCUT2D eigenvalue weighted by molar-refractivity contribution is 5.88. The minimum Gasteiger partial charge on any atom is -0.404 e. The SMILES string of the molecule is FC(F)(F)Oc1cccc2c(C3CCCCCC3)c[nH]c12. The van der Waals surface area contributed by atoms with Crippen LogP contribution in [0, 0.1) is 0 Å². The van der Waals surface area contributed by atoms with Gasteiger partial charge in [0.15, 0.2) is 5.75 Å². The summed E-state index contributed by atoms with van der Waals surface area (Å²) in [5.41, 5.74) is 1.56. The predicted octanol–water partition coefficient (Wildman–Crippen LogP) is 5.50. The maximum absolute atomic E-state index is 12.4. The van der Waals surface area contributed by atoms with Crippen LogP contribution in [0.25, 0.3) is 10.9 Å². The van der Waals surface area contributed by atoms with E-state index in [1.165, 1.54) is 31.7 Å². The minimum atomic E-state index is -4.66. The molecule has 1 saturated carbocycles. The van der Waals surface area contributed by atoms with Crippen molar-refractivity contribution in [1.29, 1.82) is 0 Å². The first-order valence-electron chi connectivity index (χ1n) is 7.40. The van der Waals surface area contributed by atoms with Crippen molar-refractivity contribution in [2.45, 2.75) is 50.8 Å². The van der Waals surface area contributed by atoms with Gasteiger partial charge in [-0.25, -0.2) is 0 Å². The highest BCUT2D eigenvalue weighted by atomic mass is 19.4. The van der Waals surface area contributed by atoms with E-state index in [0.717, 1.165) is 23.8 Å². The summed E-state index contributed by atoms with van der Waals surface area (Å²) >= 11 is 0. The van der Waals surface area contributed by atoms with E-state index in [-0.39, 0.29) is 5.75 Å². The fourth-order valence-corrected chi connectivity index (χ4v) is 3.29. The molecule has 3 rings (SSSR count). The van der Waals surface area contributed by atoms with E-state index >= 15 is 0 Å². The van der Waals surface area contributed by atoms with Crippen LogP contribution in [0.3, 0.4) is 0 Å². The lowest BCUT2D eigenvalue weighted by Gasteiger charge is -2.13. The van der Waals surface area contributed by atoms with Crippen molar-refractivity contribution < 1.29 is 17.9 Å². The van der Waals surface area contributed by atoms with Crippen molar-refractivity contribution >= 4 is 10.9 Å². The van der Waals surface area contributed by atoms with Gasteiger partial charge in [0.25, 0.3) is 0 Å². The number of hydrogen-bond acceptors (Lipinski definition) is 1. The van der Waals surface area contributed by atoms with Crippen molar-refractivity contribution in [3.63, 3.8) is 0 Å². The predicted molar refractivity (Wildman–Crippen MR) is 75.4 cm³/mol. The van der Waals surface area contributed by atoms with Crippen LogP contribution in [0.15, 0.2) is 24.4 Å². The van der Waals surface area contributed by atoms with Gasteiger partial charge in [0.2, 0.25) is 0 Å². The van der Waals surface area contributed by atoms with Crippen LogP contribution in [0.2, 0.25) is 0 Å². The first-order chi connectivity index (χ1) is 10.0. The Labute approximate surface area is 121 Å². The van der Waals surface area contributed by atoms with Gasteiger partial charge < -0.3 is 9.72 Å². The molecular weight excluding hydrogens is 279 g/mol. The molecule has 1 aromatic carbocycles. The number of H-pyrrole nitrogens is 1. The summed E-state index contributed by atoms with van der Waals surface area (Å²) in [7, 11) is 0. The number of halogens is 3. The lowest BCUT2D eigenvalue weighted by atomic mass is 9.91. The zero-order chi connectivity index (χ0) is 14.9. The topological polar surface area (TPSA) is 25.0 Å². The number of benzene rings is 1. The fraction of sp³-hybridized carbons (Fsp3) is 0.500. The first kappa shape index (κ1) is 14.3. The van der Waals surface area contributed by atoms with Crippen molar-refractivity contribution in [2.75, 3.05) is 0 Å². The average Bonchev–Trinajstić information content (AvgIpc) is 2.66. The summed E-state index contributed by atoms with van der Waals surface area (Å²) in [4.78, 5) is 2.97. The van der Waals surface area contributed by atoms with Crippen molar-refractivity contribution in [1.82, 2.24) is 4.98 Å². The van der Waals surface area contributed by atoms with Gasteiger partial charge in [-0.1, -0.05) is 37.8 Å². The number of aromatic amines is 1. The van der Waals surface area contributed by atoms with E-state index in [4.69, 9.17) is 0 Å². The van der Waals surface area contributed by atoms with Crippen molar-refractivity contribution in [3.05, 3.63) is 30.0 Å². The van der Waals surface area contributed by atoms with Crippen LogP contribution in [0.1, 0.15) is 50.0 Å². The Morgan fingerprint density at radius 1 is 1.05 bits per heavy atom. The number of alkyl halides is 3. The van der Waals surface area contributed by atoms with E-state index in [0.29, 0.717) is 11.4 Å². The Balaban J connectivity index is 1.96. The molecule has 114 valence electrons. The number of rotatable bonds is 2. The normalized spacial score (nSPS) is 17.9. The molecule has 0 saturated heterocycles. The second-order valence-corrected chi connectivity index (χ2v) is 5.66. The summed E-state index contributed by atoms with van der Waals surface area (Å²) in [6.45, 7) is 0. The Morgan fingerprint density at radius 2 is 1.76 bits per heavy atom. The number of fused-ring (bicyclic) bond motifs is 1. The zero-order valence-electron chi connectivity index (χ0n) is 11.7. The van der Waals surface area contributed by atoms with E-state index in [1.807, 2.05) is 12.3 Å². The number of hydrogen-bond donors (Lipinski definition) is 1. The van der Waals surface area contributed by atoms with Gasteiger partial charge in [-0.3, -0.25) is 0 Å². The van der Waals surface area contributed by atoms with E-state index in [9.17, 15) is 13.2 Å². The molecule has 0 atom stereocenters. The summed E-state index contributed by atoms with van der Waals surface area (Å²) in [6, 6.07) is 4.84. The van der Waals surface area contributed by atoms with Gasteiger partial charge in [0.05, 0.1) is 5.52 Å². The fourth-order valence-electron chi connectivity index (χ4n) is 3.29. The molecule has 0 radical (unpaired) electrons. The molecular formula is C16H18F3NO. The molecule has 2 nitrogen and oxygen atoms in total. The molecule has 1 aliphatic carbocycles. The van der Waals surface area contributed by atoms with Crippen LogP contribution >= 0.6 is 0 Å². The molecule has 5 heteroatoms. The second kappa shape index (κ2) is 5.62. The number of ether oxygens (including phenoxy) is 1. The summed E-state index contributed by atoms with van der Waals surface area (Å²) in [5.74, 6) is 0.280. The van der Waals surface area contributed by atoms with Gasteiger partial charge in [-0.2, -0.15) is 0 Å². The molecule has 1 aromatic heterocycles. The monoisotopic (exact) mass is 297 g/mol. The third kappa shape index (κ3) is 3.17. The maximum atomic E-state index is 12.4. The van der Waals surface area contributed by atoms with E-state index in [1.54, 1.807) is 6.07 Å². The quantitative estimate of drug-likeness (QED) is 0.727. The molecule has 1 fully saturated rings. The van der Waals surface area contributed by atoms with Crippen LogP contribution < -0.4 is 4.74 Å². The van der Waals surface area contributed by atoms with Crippen molar-refractivity contribution in [3.8, 4) is 5.75 Å². The Hall–Kier alpha value is -1.65. The molecule has 0 bridgehead atoms. The summed E-state index contributed by atoms with van der Waals surface area (Å²) in [5, 5.41) is 0.851. The van der Waals surface area contributed by atoms with Crippen molar-refractivity contribution in [2.24, 2.45) is 0 Å². The molecule has 1 aliphatic rings. The maximum Gasteiger partial charge on any atom is 0.573 e. The third-order valence-electron chi connectivity index (χ3n) is 4.23. The van der Waals surface area contributed by atoms with Gasteiger partial charge >= 0.3 is 6.36 Å². The molecule has 0 spiro atoms. The zero-order valence-corrected chi connectivity index (χ0v) is 11.7. The van der Waals surface area contributed by atoms with E-state index in [2.05, 4.69) is 9.72 Å². The van der Waals surface area contributed by atoms with Crippen LogP contribution in [-0.4, -0.2) is 11.3 Å². The number of para-hydroxylation sites is 1. The van der Waals surface area contributed by atoms with Crippen LogP contribution in [-0.2, 0) is 0 Å². The number of aromatic nitrogens is 1. The lowest BCUT2D eigenvalue weighted by Crippen LogP contribution is -2.17. The summed E-state index contributed by atoms with van der Waals surface area (Å²) < 4.78 is 41.5. The van der Waals surface area contributed by atoms with Gasteiger partial charge in [-0.05, 0) is 30.4 Å². The lowest BCUT2D eigenvalue weighted by molar-refractivity contribution is -0.274. The highest BCUT2D eigenvalue weighted by Crippen LogP contribution is 2.38. The summed E-state index contributed by atoms with van der Waals surface area (Å²) in [6.07, 6.45) is 4.29. The van der Waals surface area contributed by atoms with Gasteiger partial charge in [-0.15, -0.1) is 13.2 Å². The first-order valence-corrected chi connectivity index (χ1v) is 7.40. The Bertz CT molecular complexity index is 609. The molecule has 21 heavy (non-hydrogen) atoms. The van der Waals surface area contributed by atoms with Crippen LogP contribution in [0.5, 0.6) is 5.75 Å². The Kier molecular flexibility index (Phi) is 3.83. The minimum absolute atomic E-state index is 0.153. The standard InChI is InChI=1S/C16H18F3NO/c17-16(18,19)21-14-9-5-8-12-13(10-20-15(12)14)11-6-3-1-2-4-7-11/h5,8-11,20H,1-4,6-7H2. The molecule has 0 aliphatic heterocycles. The molecule has 1 N–H and O–H groups in total. The smallest absolute Gasteiger partial charge is 0.404 e. The molecule has 0 amide bonds. The Morgan fingerprint density at radius 3 is 2.43 bits per heavy atom. The molecule has 1 heterocycles. The highest BCUT2D eigenvalue weighted by Gasteiger charge is 2.32. The second-order valence-electron chi connectivity index (χ2n) is 5.66. The molecule has 2 aromatic rings. The largest absolute Gasteiger partial charge is 0.573 e. The van der Waals surface area contributed by atoms with Crippen LogP contribution in [0.4, 0.5) is 13.2 Å². The van der Waals surface area contributed by atoms with Gasteiger partial charge in [0.1, 0.15) is 0 Å². The number of nitrogens with one attached hydrogen (secondary N) is 1. The third-order valence-corrected chi connectivity index (χ3v) is 4.23. The van der Waals surface area contributed by atoms with Gasteiger partial charge in [0, 0.05) is 11.6 Å². The average molecular weight is 297 g/mol. The van der Waals surface area contributed by atoms with E-state index < -0.39 is 6.36 Å². The molecule has 0 unspecified atom stereocenters.